The molecule has 5 heterocycles. The summed E-state index contributed by atoms with van der Waals surface area (Å²) in [5, 5.41) is 12.4. The summed E-state index contributed by atoms with van der Waals surface area (Å²) in [5.74, 6) is 3.40. The summed E-state index contributed by atoms with van der Waals surface area (Å²) in [7, 11) is 1.39. The minimum Gasteiger partial charge on any atom is -0.479 e. The first-order valence-corrected chi connectivity index (χ1v) is 11.3. The molecule has 1 aliphatic heterocycles. The van der Waals surface area contributed by atoms with Gasteiger partial charge in [-0.1, -0.05) is 0 Å². The second kappa shape index (κ2) is 7.75. The molecule has 1 saturated carbocycles. The van der Waals surface area contributed by atoms with Gasteiger partial charge in [0.1, 0.15) is 23.8 Å². The second-order valence-electron chi connectivity index (χ2n) is 8.53. The van der Waals surface area contributed by atoms with Gasteiger partial charge in [-0.3, -0.25) is 0 Å². The summed E-state index contributed by atoms with van der Waals surface area (Å²) in [6.45, 7) is 3.42. The molecule has 0 saturated heterocycles. The molecule has 0 aromatic carbocycles. The smallest absolute Gasteiger partial charge is 0.250 e. The first kappa shape index (κ1) is 20.0. The number of aromatic nitrogens is 8. The van der Waals surface area contributed by atoms with Crippen molar-refractivity contribution in [2.75, 3.05) is 12.4 Å². The van der Waals surface area contributed by atoms with Gasteiger partial charge in [0.2, 0.25) is 5.88 Å². The van der Waals surface area contributed by atoms with Gasteiger partial charge < -0.3 is 19.2 Å². The number of ether oxygens (including phenoxy) is 1. The van der Waals surface area contributed by atoms with Crippen molar-refractivity contribution in [3.63, 3.8) is 0 Å². The average molecular weight is 449 g/mol. The average Bonchev–Trinajstić information content (AvgIpc) is 3.47. The van der Waals surface area contributed by atoms with E-state index in [1.807, 2.05) is 11.5 Å². The Labute approximate surface area is 189 Å². The lowest BCUT2D eigenvalue weighted by atomic mass is 10.1. The van der Waals surface area contributed by atoms with Gasteiger partial charge in [-0.2, -0.15) is 0 Å². The van der Waals surface area contributed by atoms with E-state index in [1.165, 1.54) is 32.3 Å². The predicted octanol–water partition coefficient (Wildman–Crippen LogP) is 2.95. The fraction of sp³-hybridized carbons (Fsp3) is 0.455. The van der Waals surface area contributed by atoms with Crippen LogP contribution in [0.2, 0.25) is 0 Å². The summed E-state index contributed by atoms with van der Waals surface area (Å²) >= 11 is 0. The molecule has 0 spiro atoms. The Morgan fingerprint density at radius 2 is 2.06 bits per heavy atom. The number of anilines is 1. The lowest BCUT2D eigenvalue weighted by molar-refractivity contribution is 0.369. The zero-order valence-electron chi connectivity index (χ0n) is 18.5. The predicted molar refractivity (Wildman–Crippen MR) is 118 cm³/mol. The van der Waals surface area contributed by atoms with Crippen LogP contribution in [0.4, 0.5) is 10.2 Å². The molecular weight excluding hydrogens is 425 g/mol. The third-order valence-electron chi connectivity index (χ3n) is 6.37. The molecule has 6 rings (SSSR count). The van der Waals surface area contributed by atoms with Crippen molar-refractivity contribution in [1.82, 2.24) is 39.3 Å². The van der Waals surface area contributed by atoms with Crippen LogP contribution in [0.5, 0.6) is 5.88 Å². The molecule has 0 bridgehead atoms. The summed E-state index contributed by atoms with van der Waals surface area (Å²) in [6, 6.07) is 1.56. The molecule has 33 heavy (non-hydrogen) atoms. The molecule has 1 unspecified atom stereocenters. The van der Waals surface area contributed by atoms with E-state index in [0.29, 0.717) is 40.8 Å². The van der Waals surface area contributed by atoms with Gasteiger partial charge in [0.05, 0.1) is 7.11 Å². The van der Waals surface area contributed by atoms with Crippen molar-refractivity contribution in [3.8, 4) is 17.3 Å². The Morgan fingerprint density at radius 1 is 1.18 bits per heavy atom. The van der Waals surface area contributed by atoms with Gasteiger partial charge in [-0.05, 0) is 32.3 Å². The van der Waals surface area contributed by atoms with Gasteiger partial charge in [0, 0.05) is 43.2 Å². The van der Waals surface area contributed by atoms with Crippen LogP contribution >= 0.6 is 0 Å². The molecule has 170 valence electrons. The van der Waals surface area contributed by atoms with Crippen molar-refractivity contribution in [2.45, 2.75) is 57.7 Å². The summed E-state index contributed by atoms with van der Waals surface area (Å²) < 4.78 is 23.5. The maximum atomic E-state index is 14.3. The van der Waals surface area contributed by atoms with E-state index >= 15 is 0 Å². The monoisotopic (exact) mass is 449 g/mol. The number of fused-ring (bicyclic) bond motifs is 2. The fourth-order valence-corrected chi connectivity index (χ4v) is 4.56. The van der Waals surface area contributed by atoms with Crippen molar-refractivity contribution in [3.05, 3.63) is 36.1 Å². The molecule has 2 aliphatic rings. The quantitative estimate of drug-likeness (QED) is 0.479. The van der Waals surface area contributed by atoms with E-state index < -0.39 is 5.82 Å². The maximum absolute atomic E-state index is 14.3. The zero-order valence-corrected chi connectivity index (χ0v) is 18.5. The van der Waals surface area contributed by atoms with E-state index in [0.717, 1.165) is 31.0 Å². The zero-order chi connectivity index (χ0) is 22.5. The molecule has 10 nitrogen and oxygen atoms in total. The summed E-state index contributed by atoms with van der Waals surface area (Å²) in [4.78, 5) is 17.8. The molecular formula is C22H24FN9O. The first-order chi connectivity index (χ1) is 16.2. The summed E-state index contributed by atoms with van der Waals surface area (Å²) in [5.41, 5.74) is 1.91. The number of pyridine rings is 1. The van der Waals surface area contributed by atoms with E-state index in [-0.39, 0.29) is 11.9 Å². The van der Waals surface area contributed by atoms with Crippen molar-refractivity contribution < 1.29 is 9.13 Å². The van der Waals surface area contributed by atoms with Crippen molar-refractivity contribution in [2.24, 2.45) is 0 Å². The topological polar surface area (TPSA) is 108 Å². The third kappa shape index (κ3) is 3.38. The number of hydrogen-bond acceptors (Lipinski definition) is 8. The standard InChI is InChI=1S/C22H24FN9O/c1-3-31-19(13-8-15(23)22(33-2)24-9-13)28-17-18(25-11-26-21(17)31)27-14-6-7-16-29-30-20(12-4-5-12)32(16)10-14/h8-9,11-12,14H,3-7,10H2,1-2H3,(H,25,26,27). The Bertz CT molecular complexity index is 1340. The number of aryl methyl sites for hydroxylation is 2. The number of hydrogen-bond donors (Lipinski definition) is 1. The largest absolute Gasteiger partial charge is 0.479 e. The van der Waals surface area contributed by atoms with Gasteiger partial charge in [0.15, 0.2) is 22.8 Å². The van der Waals surface area contributed by atoms with Crippen LogP contribution in [0.1, 0.15) is 43.8 Å². The Kier molecular flexibility index (Phi) is 4.70. The lowest BCUT2D eigenvalue weighted by Gasteiger charge is -2.25. The molecule has 0 amide bonds. The van der Waals surface area contributed by atoms with E-state index in [1.54, 1.807) is 6.20 Å². The molecule has 1 aliphatic carbocycles. The van der Waals surface area contributed by atoms with Crippen LogP contribution in [0.15, 0.2) is 18.6 Å². The Hall–Kier alpha value is -3.63. The first-order valence-electron chi connectivity index (χ1n) is 11.3. The highest BCUT2D eigenvalue weighted by Gasteiger charge is 2.33. The number of nitrogens with one attached hydrogen (secondary N) is 1. The lowest BCUT2D eigenvalue weighted by Crippen LogP contribution is -2.32. The molecule has 4 aromatic heterocycles. The van der Waals surface area contributed by atoms with Crippen LogP contribution in [-0.4, -0.2) is 52.4 Å². The number of halogens is 1. The maximum Gasteiger partial charge on any atom is 0.250 e. The molecule has 1 N–H and O–H groups in total. The number of methoxy groups -OCH3 is 1. The Morgan fingerprint density at radius 3 is 2.82 bits per heavy atom. The van der Waals surface area contributed by atoms with Crippen LogP contribution < -0.4 is 10.1 Å². The van der Waals surface area contributed by atoms with Gasteiger partial charge >= 0.3 is 0 Å². The van der Waals surface area contributed by atoms with Crippen LogP contribution in [0, 0.1) is 5.82 Å². The third-order valence-corrected chi connectivity index (χ3v) is 6.37. The number of rotatable bonds is 6. The SMILES string of the molecule is CCn1c(-c2cnc(OC)c(F)c2)nc2c(NC3CCc4nnc(C5CC5)n4C3)ncnc21. The highest BCUT2D eigenvalue weighted by Crippen LogP contribution is 2.40. The summed E-state index contributed by atoms with van der Waals surface area (Å²) in [6.07, 6.45) is 7.30. The van der Waals surface area contributed by atoms with Gasteiger partial charge in [-0.25, -0.2) is 24.3 Å². The number of nitrogens with zero attached hydrogens (tertiary/aromatic N) is 8. The minimum absolute atomic E-state index is 0.0451. The number of imidazole rings is 1. The van der Waals surface area contributed by atoms with Gasteiger partial charge in [0.25, 0.3) is 0 Å². The van der Waals surface area contributed by atoms with Crippen molar-refractivity contribution in [1.29, 1.82) is 0 Å². The second-order valence-corrected chi connectivity index (χ2v) is 8.53. The Balaban J connectivity index is 1.34. The molecule has 11 heteroatoms. The van der Waals surface area contributed by atoms with Crippen molar-refractivity contribution >= 4 is 17.0 Å². The molecule has 4 aromatic rings. The molecule has 1 atom stereocenters. The van der Waals surface area contributed by atoms with Crippen LogP contribution in [-0.2, 0) is 19.5 Å². The fourth-order valence-electron chi connectivity index (χ4n) is 4.56. The van der Waals surface area contributed by atoms with Gasteiger partial charge in [-0.15, -0.1) is 10.2 Å². The van der Waals surface area contributed by atoms with Crippen LogP contribution in [0.25, 0.3) is 22.6 Å². The van der Waals surface area contributed by atoms with Crippen LogP contribution in [0.3, 0.4) is 0 Å². The van der Waals surface area contributed by atoms with E-state index in [9.17, 15) is 4.39 Å². The normalized spacial score (nSPS) is 17.8. The highest BCUT2D eigenvalue weighted by atomic mass is 19.1. The molecule has 1 fully saturated rings. The highest BCUT2D eigenvalue weighted by molar-refractivity contribution is 5.86. The van der Waals surface area contributed by atoms with E-state index in [4.69, 9.17) is 9.72 Å². The molecule has 0 radical (unpaired) electrons. The van der Waals surface area contributed by atoms with E-state index in [2.05, 4.69) is 35.0 Å². The minimum atomic E-state index is -0.535.